The fraction of sp³-hybridized carbons (Fsp3) is 0.235. The lowest BCUT2D eigenvalue weighted by atomic mass is 10.1. The fourth-order valence-corrected chi connectivity index (χ4v) is 2.88. The summed E-state index contributed by atoms with van der Waals surface area (Å²) in [6.45, 7) is 3.96. The average molecular weight is 281 g/mol. The van der Waals surface area contributed by atoms with Gasteiger partial charge in [-0.3, -0.25) is 4.79 Å². The van der Waals surface area contributed by atoms with Crippen molar-refractivity contribution in [3.8, 4) is 0 Å². The second-order valence-electron chi connectivity index (χ2n) is 5.18. The fourth-order valence-electron chi connectivity index (χ4n) is 2.88. The Bertz CT molecular complexity index is 804. The van der Waals surface area contributed by atoms with Gasteiger partial charge in [0.2, 0.25) is 5.91 Å². The van der Waals surface area contributed by atoms with E-state index >= 15 is 0 Å². The number of amides is 1. The molecule has 0 aliphatic heterocycles. The molecule has 0 saturated heterocycles. The van der Waals surface area contributed by atoms with Gasteiger partial charge in [-0.1, -0.05) is 24.3 Å². The number of para-hydroxylation sites is 1. The van der Waals surface area contributed by atoms with Crippen LogP contribution in [0.4, 0.5) is 0 Å². The first kappa shape index (κ1) is 13.6. The third kappa shape index (κ3) is 2.50. The Balaban J connectivity index is 2.04. The number of nitrogens with zero attached hydrogens (tertiary/aromatic N) is 1. The van der Waals surface area contributed by atoms with Gasteiger partial charge in [-0.05, 0) is 30.7 Å². The molecule has 3 N–H and O–H groups in total. The SMILES string of the molecule is CCn1c2ccccc2c2cc(CNCC(N)=O)ccc21. The van der Waals surface area contributed by atoms with Gasteiger partial charge in [-0.2, -0.15) is 0 Å². The van der Waals surface area contributed by atoms with E-state index in [0.29, 0.717) is 6.54 Å². The molecule has 3 aromatic rings. The summed E-state index contributed by atoms with van der Waals surface area (Å²) < 4.78 is 2.32. The Morgan fingerprint density at radius 1 is 1.14 bits per heavy atom. The highest BCUT2D eigenvalue weighted by Gasteiger charge is 2.09. The zero-order chi connectivity index (χ0) is 14.8. The van der Waals surface area contributed by atoms with Crippen molar-refractivity contribution in [2.24, 2.45) is 5.73 Å². The first-order valence-electron chi connectivity index (χ1n) is 7.19. The molecule has 1 heterocycles. The van der Waals surface area contributed by atoms with E-state index in [1.807, 2.05) is 0 Å². The summed E-state index contributed by atoms with van der Waals surface area (Å²) >= 11 is 0. The average Bonchev–Trinajstić information content (AvgIpc) is 2.80. The van der Waals surface area contributed by atoms with E-state index in [2.05, 4.69) is 59.3 Å². The number of nitrogens with two attached hydrogens (primary N) is 1. The highest BCUT2D eigenvalue weighted by Crippen LogP contribution is 2.29. The summed E-state index contributed by atoms with van der Waals surface area (Å²) in [5.74, 6) is -0.335. The minimum atomic E-state index is -0.335. The summed E-state index contributed by atoms with van der Waals surface area (Å²) in [4.78, 5) is 10.8. The number of fused-ring (bicyclic) bond motifs is 3. The van der Waals surface area contributed by atoms with Gasteiger partial charge in [0, 0.05) is 34.9 Å². The third-order valence-electron chi connectivity index (χ3n) is 3.78. The van der Waals surface area contributed by atoms with Crippen LogP contribution in [0.2, 0.25) is 0 Å². The number of nitrogens with one attached hydrogen (secondary N) is 1. The van der Waals surface area contributed by atoms with Crippen molar-refractivity contribution < 1.29 is 4.79 Å². The molecule has 21 heavy (non-hydrogen) atoms. The Hall–Kier alpha value is -2.33. The van der Waals surface area contributed by atoms with Gasteiger partial charge in [0.25, 0.3) is 0 Å². The number of carbonyl (C=O) groups excluding carboxylic acids is 1. The molecule has 0 atom stereocenters. The molecule has 0 aliphatic carbocycles. The number of rotatable bonds is 5. The molecule has 0 spiro atoms. The Kier molecular flexibility index (Phi) is 3.62. The molecule has 0 aliphatic rings. The lowest BCUT2D eigenvalue weighted by Gasteiger charge is -2.05. The first-order valence-corrected chi connectivity index (χ1v) is 7.19. The van der Waals surface area contributed by atoms with Crippen LogP contribution in [-0.2, 0) is 17.9 Å². The minimum Gasteiger partial charge on any atom is -0.369 e. The predicted molar refractivity (Wildman–Crippen MR) is 86.0 cm³/mol. The quantitative estimate of drug-likeness (QED) is 0.754. The van der Waals surface area contributed by atoms with Gasteiger partial charge >= 0.3 is 0 Å². The summed E-state index contributed by atoms with van der Waals surface area (Å²) in [5.41, 5.74) is 8.80. The molecule has 4 heteroatoms. The van der Waals surface area contributed by atoms with Gasteiger partial charge < -0.3 is 15.6 Å². The number of aryl methyl sites for hydroxylation is 1. The topological polar surface area (TPSA) is 60.1 Å². The highest BCUT2D eigenvalue weighted by atomic mass is 16.1. The first-order chi connectivity index (χ1) is 10.2. The number of aromatic nitrogens is 1. The van der Waals surface area contributed by atoms with E-state index in [0.717, 1.165) is 12.1 Å². The maximum absolute atomic E-state index is 10.8. The van der Waals surface area contributed by atoms with E-state index in [1.165, 1.54) is 21.8 Å². The van der Waals surface area contributed by atoms with Gasteiger partial charge in [-0.25, -0.2) is 0 Å². The summed E-state index contributed by atoms with van der Waals surface area (Å²) in [6, 6.07) is 14.9. The van der Waals surface area contributed by atoms with Crippen molar-refractivity contribution in [2.45, 2.75) is 20.0 Å². The monoisotopic (exact) mass is 281 g/mol. The number of hydrogen-bond acceptors (Lipinski definition) is 2. The Labute approximate surface area is 123 Å². The number of benzene rings is 2. The van der Waals surface area contributed by atoms with Crippen LogP contribution in [0.25, 0.3) is 21.8 Å². The smallest absolute Gasteiger partial charge is 0.231 e. The van der Waals surface area contributed by atoms with Gasteiger partial charge in [0.15, 0.2) is 0 Å². The summed E-state index contributed by atoms with van der Waals surface area (Å²) in [5, 5.41) is 5.58. The molecule has 3 rings (SSSR count). The van der Waals surface area contributed by atoms with Crippen LogP contribution in [0.5, 0.6) is 0 Å². The van der Waals surface area contributed by atoms with E-state index in [9.17, 15) is 4.79 Å². The van der Waals surface area contributed by atoms with E-state index in [-0.39, 0.29) is 12.5 Å². The van der Waals surface area contributed by atoms with Crippen molar-refractivity contribution in [2.75, 3.05) is 6.54 Å². The van der Waals surface area contributed by atoms with Crippen molar-refractivity contribution in [1.82, 2.24) is 9.88 Å². The van der Waals surface area contributed by atoms with Crippen molar-refractivity contribution >= 4 is 27.7 Å². The largest absolute Gasteiger partial charge is 0.369 e. The maximum Gasteiger partial charge on any atom is 0.231 e. The van der Waals surface area contributed by atoms with E-state index in [1.54, 1.807) is 0 Å². The minimum absolute atomic E-state index is 0.203. The lowest BCUT2D eigenvalue weighted by Crippen LogP contribution is -2.28. The van der Waals surface area contributed by atoms with Crippen LogP contribution in [0.3, 0.4) is 0 Å². The molecule has 0 bridgehead atoms. The number of primary amides is 1. The van der Waals surface area contributed by atoms with Crippen LogP contribution in [0.1, 0.15) is 12.5 Å². The lowest BCUT2D eigenvalue weighted by molar-refractivity contribution is -0.117. The molecule has 0 saturated carbocycles. The Morgan fingerprint density at radius 2 is 1.90 bits per heavy atom. The van der Waals surface area contributed by atoms with Crippen molar-refractivity contribution in [3.63, 3.8) is 0 Å². The highest BCUT2D eigenvalue weighted by molar-refractivity contribution is 6.08. The zero-order valence-corrected chi connectivity index (χ0v) is 12.1. The second kappa shape index (κ2) is 5.58. The van der Waals surface area contributed by atoms with Crippen molar-refractivity contribution in [1.29, 1.82) is 0 Å². The van der Waals surface area contributed by atoms with Crippen LogP contribution in [-0.4, -0.2) is 17.0 Å². The second-order valence-corrected chi connectivity index (χ2v) is 5.18. The predicted octanol–water partition coefficient (Wildman–Crippen LogP) is 2.39. The Morgan fingerprint density at radius 3 is 2.67 bits per heavy atom. The standard InChI is InChI=1S/C17H19N3O/c1-2-20-15-6-4-3-5-13(15)14-9-12(7-8-16(14)20)10-19-11-17(18)21/h3-9,19H,2,10-11H2,1H3,(H2,18,21). The van der Waals surface area contributed by atoms with Crippen LogP contribution >= 0.6 is 0 Å². The molecular formula is C17H19N3O. The molecule has 1 amide bonds. The van der Waals surface area contributed by atoms with Crippen LogP contribution in [0, 0.1) is 0 Å². The summed E-state index contributed by atoms with van der Waals surface area (Å²) in [7, 11) is 0. The molecule has 1 aromatic heterocycles. The normalized spacial score (nSPS) is 11.3. The summed E-state index contributed by atoms with van der Waals surface area (Å²) in [6.07, 6.45) is 0. The molecule has 4 nitrogen and oxygen atoms in total. The zero-order valence-electron chi connectivity index (χ0n) is 12.1. The molecule has 0 radical (unpaired) electrons. The molecule has 0 fully saturated rings. The van der Waals surface area contributed by atoms with Crippen molar-refractivity contribution in [3.05, 3.63) is 48.0 Å². The van der Waals surface area contributed by atoms with Crippen LogP contribution in [0.15, 0.2) is 42.5 Å². The van der Waals surface area contributed by atoms with Gasteiger partial charge in [0.1, 0.15) is 0 Å². The van der Waals surface area contributed by atoms with Crippen LogP contribution < -0.4 is 11.1 Å². The third-order valence-corrected chi connectivity index (χ3v) is 3.78. The molecule has 0 unspecified atom stereocenters. The molecule has 2 aromatic carbocycles. The van der Waals surface area contributed by atoms with E-state index < -0.39 is 0 Å². The molecule has 108 valence electrons. The van der Waals surface area contributed by atoms with Gasteiger partial charge in [-0.15, -0.1) is 0 Å². The molecular weight excluding hydrogens is 262 g/mol. The van der Waals surface area contributed by atoms with Gasteiger partial charge in [0.05, 0.1) is 6.54 Å². The maximum atomic E-state index is 10.8. The number of carbonyl (C=O) groups is 1. The number of hydrogen-bond donors (Lipinski definition) is 2. The van der Waals surface area contributed by atoms with E-state index in [4.69, 9.17) is 5.73 Å².